The maximum atomic E-state index is 12.0. The predicted octanol–water partition coefficient (Wildman–Crippen LogP) is 2.43. The van der Waals surface area contributed by atoms with Gasteiger partial charge in [-0.05, 0) is 24.0 Å². The van der Waals surface area contributed by atoms with Crippen LogP contribution < -0.4 is 4.74 Å². The van der Waals surface area contributed by atoms with E-state index in [1.54, 1.807) is 7.11 Å². The number of aliphatic hydroxyl groups is 1. The smallest absolute Gasteiger partial charge is 0.338 e. The average molecular weight is 280 g/mol. The lowest BCUT2D eigenvalue weighted by molar-refractivity contribution is -0.174. The number of para-hydroxylation sites is 1. The summed E-state index contributed by atoms with van der Waals surface area (Å²) in [6, 6.07) is 7.61. The lowest BCUT2D eigenvalue weighted by Gasteiger charge is -2.35. The van der Waals surface area contributed by atoms with Crippen LogP contribution in [0.15, 0.2) is 24.3 Å². The fourth-order valence-corrected chi connectivity index (χ4v) is 2.53. The lowest BCUT2D eigenvalue weighted by atomic mass is 9.76. The molecular weight excluding hydrogens is 256 g/mol. The number of esters is 1. The van der Waals surface area contributed by atoms with Crippen molar-refractivity contribution in [3.63, 3.8) is 0 Å². The van der Waals surface area contributed by atoms with Crippen LogP contribution >= 0.6 is 0 Å². The molecule has 0 aliphatic rings. The van der Waals surface area contributed by atoms with Gasteiger partial charge in [0, 0.05) is 5.92 Å². The third kappa shape index (κ3) is 3.12. The molecule has 0 radical (unpaired) electrons. The molecule has 1 aromatic rings. The number of ether oxygens (including phenoxy) is 2. The van der Waals surface area contributed by atoms with Crippen molar-refractivity contribution in [2.24, 2.45) is 11.8 Å². The molecule has 112 valence electrons. The van der Waals surface area contributed by atoms with Gasteiger partial charge in [0.25, 0.3) is 0 Å². The summed E-state index contributed by atoms with van der Waals surface area (Å²) >= 11 is 0. The van der Waals surface area contributed by atoms with Crippen LogP contribution in [0.1, 0.15) is 26.3 Å². The van der Waals surface area contributed by atoms with Crippen LogP contribution in [0.5, 0.6) is 5.75 Å². The highest BCUT2D eigenvalue weighted by Crippen LogP contribution is 2.32. The summed E-state index contributed by atoms with van der Waals surface area (Å²) in [5, 5.41) is 10.7. The van der Waals surface area contributed by atoms with Gasteiger partial charge in [-0.15, -0.1) is 0 Å². The third-order valence-electron chi connectivity index (χ3n) is 3.86. The number of carbonyl (C=O) groups is 1. The zero-order valence-electron chi connectivity index (χ0n) is 12.8. The van der Waals surface area contributed by atoms with E-state index in [0.29, 0.717) is 6.42 Å². The highest BCUT2D eigenvalue weighted by molar-refractivity contribution is 5.80. The Balaban J connectivity index is 3.03. The van der Waals surface area contributed by atoms with Crippen LogP contribution in [0.25, 0.3) is 0 Å². The average Bonchev–Trinajstić information content (AvgIpc) is 2.45. The van der Waals surface area contributed by atoms with Gasteiger partial charge in [-0.25, -0.2) is 4.79 Å². The fraction of sp³-hybridized carbons (Fsp3) is 0.562. The van der Waals surface area contributed by atoms with Gasteiger partial charge in [-0.3, -0.25) is 0 Å². The van der Waals surface area contributed by atoms with Gasteiger partial charge in [0.2, 0.25) is 0 Å². The monoisotopic (exact) mass is 280 g/mol. The molecule has 0 amide bonds. The van der Waals surface area contributed by atoms with Crippen LogP contribution in [-0.4, -0.2) is 30.9 Å². The zero-order chi connectivity index (χ0) is 15.3. The first-order valence-corrected chi connectivity index (χ1v) is 6.80. The SMILES string of the molecule is COC(=O)C(O)(C(C)C)C(C)Cc1ccccc1OC. The van der Waals surface area contributed by atoms with Crippen LogP contribution in [0, 0.1) is 11.8 Å². The molecule has 1 N–H and O–H groups in total. The molecule has 0 spiro atoms. The molecule has 1 aromatic carbocycles. The van der Waals surface area contributed by atoms with Crippen LogP contribution in [0.4, 0.5) is 0 Å². The quantitative estimate of drug-likeness (QED) is 0.813. The summed E-state index contributed by atoms with van der Waals surface area (Å²) in [7, 11) is 2.91. The second kappa shape index (κ2) is 6.75. The highest BCUT2D eigenvalue weighted by atomic mass is 16.5. The van der Waals surface area contributed by atoms with E-state index in [9.17, 15) is 9.90 Å². The molecular formula is C16H24O4. The number of hydrogen-bond donors (Lipinski definition) is 1. The normalized spacial score (nSPS) is 15.6. The maximum absolute atomic E-state index is 12.0. The molecule has 0 aliphatic heterocycles. The van der Waals surface area contributed by atoms with Gasteiger partial charge >= 0.3 is 5.97 Å². The van der Waals surface area contributed by atoms with Gasteiger partial charge in [0.1, 0.15) is 5.75 Å². The fourth-order valence-electron chi connectivity index (χ4n) is 2.53. The Hall–Kier alpha value is -1.55. The van der Waals surface area contributed by atoms with Crippen molar-refractivity contribution in [1.82, 2.24) is 0 Å². The summed E-state index contributed by atoms with van der Waals surface area (Å²) in [6.07, 6.45) is 0.536. The van der Waals surface area contributed by atoms with Gasteiger partial charge in [0.05, 0.1) is 14.2 Å². The number of carbonyl (C=O) groups excluding carboxylic acids is 1. The largest absolute Gasteiger partial charge is 0.496 e. The molecule has 0 saturated heterocycles. The van der Waals surface area contributed by atoms with Crippen molar-refractivity contribution in [3.05, 3.63) is 29.8 Å². The molecule has 0 aromatic heterocycles. The minimum atomic E-state index is -1.50. The molecule has 20 heavy (non-hydrogen) atoms. The highest BCUT2D eigenvalue weighted by Gasteiger charge is 2.45. The van der Waals surface area contributed by atoms with E-state index in [1.165, 1.54) is 7.11 Å². The van der Waals surface area contributed by atoms with Crippen molar-refractivity contribution in [2.45, 2.75) is 32.8 Å². The Morgan fingerprint density at radius 2 is 1.85 bits per heavy atom. The molecule has 0 bridgehead atoms. The topological polar surface area (TPSA) is 55.8 Å². The third-order valence-corrected chi connectivity index (χ3v) is 3.86. The summed E-state index contributed by atoms with van der Waals surface area (Å²) < 4.78 is 10.1. The summed E-state index contributed by atoms with van der Waals surface area (Å²) in [5.74, 6) is -0.351. The van der Waals surface area contributed by atoms with E-state index in [4.69, 9.17) is 9.47 Å². The van der Waals surface area contributed by atoms with Crippen LogP contribution in [-0.2, 0) is 16.0 Å². The molecule has 2 unspecified atom stereocenters. The number of methoxy groups -OCH3 is 2. The molecule has 4 heteroatoms. The van der Waals surface area contributed by atoms with E-state index in [0.717, 1.165) is 11.3 Å². The molecule has 0 fully saturated rings. The Morgan fingerprint density at radius 1 is 1.25 bits per heavy atom. The number of benzene rings is 1. The molecule has 1 rings (SSSR count). The van der Waals surface area contributed by atoms with E-state index >= 15 is 0 Å². The van der Waals surface area contributed by atoms with E-state index in [1.807, 2.05) is 45.0 Å². The minimum Gasteiger partial charge on any atom is -0.496 e. The summed E-state index contributed by atoms with van der Waals surface area (Å²) in [4.78, 5) is 12.0. The van der Waals surface area contributed by atoms with Gasteiger partial charge in [0.15, 0.2) is 5.60 Å². The molecule has 0 heterocycles. The molecule has 0 aliphatic carbocycles. The van der Waals surface area contributed by atoms with Gasteiger partial charge in [-0.2, -0.15) is 0 Å². The first kappa shape index (κ1) is 16.5. The van der Waals surface area contributed by atoms with Gasteiger partial charge < -0.3 is 14.6 Å². The van der Waals surface area contributed by atoms with Crippen molar-refractivity contribution >= 4 is 5.97 Å². The summed E-state index contributed by atoms with van der Waals surface area (Å²) in [5.41, 5.74) is -0.541. The molecule has 4 nitrogen and oxygen atoms in total. The van der Waals surface area contributed by atoms with Gasteiger partial charge in [-0.1, -0.05) is 39.0 Å². The molecule has 2 atom stereocenters. The lowest BCUT2D eigenvalue weighted by Crippen LogP contribution is -2.50. The maximum Gasteiger partial charge on any atom is 0.338 e. The molecule has 0 saturated carbocycles. The Labute approximate surface area is 120 Å². The Bertz CT molecular complexity index is 456. The zero-order valence-corrected chi connectivity index (χ0v) is 12.8. The first-order valence-electron chi connectivity index (χ1n) is 6.80. The predicted molar refractivity (Wildman–Crippen MR) is 77.7 cm³/mol. The Kier molecular flexibility index (Phi) is 5.57. The van der Waals surface area contributed by atoms with Crippen molar-refractivity contribution in [1.29, 1.82) is 0 Å². The number of hydrogen-bond acceptors (Lipinski definition) is 4. The standard InChI is InChI=1S/C16H24O4/c1-11(2)16(18,15(17)20-5)12(3)10-13-8-6-7-9-14(13)19-4/h6-9,11-12,18H,10H2,1-5H3. The van der Waals surface area contributed by atoms with E-state index in [2.05, 4.69) is 0 Å². The summed E-state index contributed by atoms with van der Waals surface area (Å²) in [6.45, 7) is 5.48. The Morgan fingerprint density at radius 3 is 2.35 bits per heavy atom. The van der Waals surface area contributed by atoms with Crippen molar-refractivity contribution in [3.8, 4) is 5.75 Å². The first-order chi connectivity index (χ1) is 9.37. The number of rotatable bonds is 6. The van der Waals surface area contributed by atoms with Crippen molar-refractivity contribution in [2.75, 3.05) is 14.2 Å². The van der Waals surface area contributed by atoms with Crippen molar-refractivity contribution < 1.29 is 19.4 Å². The van der Waals surface area contributed by atoms with Crippen LogP contribution in [0.2, 0.25) is 0 Å². The van der Waals surface area contributed by atoms with Crippen LogP contribution in [0.3, 0.4) is 0 Å². The van der Waals surface area contributed by atoms with E-state index in [-0.39, 0.29) is 11.8 Å². The second-order valence-electron chi connectivity index (χ2n) is 5.39. The second-order valence-corrected chi connectivity index (χ2v) is 5.39. The minimum absolute atomic E-state index is 0.236. The van der Waals surface area contributed by atoms with E-state index < -0.39 is 11.6 Å².